The van der Waals surface area contributed by atoms with Gasteiger partial charge in [0.1, 0.15) is 0 Å². The highest BCUT2D eigenvalue weighted by Gasteiger charge is 2.08. The molecule has 108 valence electrons. The van der Waals surface area contributed by atoms with Crippen LogP contribution in [0.4, 0.5) is 0 Å². The molecule has 1 N–H and O–H groups in total. The standard InChI is InChI=1S/C13H17N3O3S/c1-2-19-12(18)4-3-5-14-11(17)8-10-9-16-6-7-20-13(16)15-10/h6-7,9H,2-5,8H2,1H3,(H,14,17). The van der Waals surface area contributed by atoms with E-state index >= 15 is 0 Å². The second-order valence-corrected chi connectivity index (χ2v) is 5.13. The Morgan fingerprint density at radius 2 is 2.35 bits per heavy atom. The lowest BCUT2D eigenvalue weighted by molar-refractivity contribution is -0.143. The Morgan fingerprint density at radius 1 is 1.50 bits per heavy atom. The fraction of sp³-hybridized carbons (Fsp3) is 0.462. The van der Waals surface area contributed by atoms with Gasteiger partial charge in [0.2, 0.25) is 5.91 Å². The molecule has 2 heterocycles. The number of rotatable bonds is 7. The number of thiazole rings is 1. The highest BCUT2D eigenvalue weighted by atomic mass is 32.1. The van der Waals surface area contributed by atoms with Crippen molar-refractivity contribution >= 4 is 28.2 Å². The summed E-state index contributed by atoms with van der Waals surface area (Å²) in [6.07, 6.45) is 4.93. The van der Waals surface area contributed by atoms with Crippen LogP contribution in [-0.2, 0) is 20.7 Å². The van der Waals surface area contributed by atoms with Crippen molar-refractivity contribution in [3.8, 4) is 0 Å². The molecule has 0 radical (unpaired) electrons. The molecule has 0 aliphatic heterocycles. The van der Waals surface area contributed by atoms with Crippen LogP contribution >= 0.6 is 11.3 Å². The van der Waals surface area contributed by atoms with Gasteiger partial charge in [0, 0.05) is 30.7 Å². The van der Waals surface area contributed by atoms with Crippen LogP contribution in [0.3, 0.4) is 0 Å². The number of hydrogen-bond acceptors (Lipinski definition) is 5. The first-order chi connectivity index (χ1) is 9.69. The summed E-state index contributed by atoms with van der Waals surface area (Å²) >= 11 is 1.53. The SMILES string of the molecule is CCOC(=O)CCCNC(=O)Cc1cn2ccsc2n1. The number of ether oxygens (including phenoxy) is 1. The van der Waals surface area contributed by atoms with E-state index in [1.165, 1.54) is 11.3 Å². The summed E-state index contributed by atoms with van der Waals surface area (Å²) in [5.74, 6) is -0.310. The van der Waals surface area contributed by atoms with Crippen LogP contribution < -0.4 is 5.32 Å². The fourth-order valence-electron chi connectivity index (χ4n) is 1.78. The van der Waals surface area contributed by atoms with E-state index < -0.39 is 0 Å². The van der Waals surface area contributed by atoms with E-state index in [9.17, 15) is 9.59 Å². The predicted octanol–water partition coefficient (Wildman–Crippen LogP) is 1.40. The summed E-state index contributed by atoms with van der Waals surface area (Å²) in [5, 5.41) is 4.72. The molecule has 7 heteroatoms. The molecule has 0 saturated heterocycles. The smallest absolute Gasteiger partial charge is 0.305 e. The lowest BCUT2D eigenvalue weighted by Gasteiger charge is -2.04. The fourth-order valence-corrected chi connectivity index (χ4v) is 2.50. The van der Waals surface area contributed by atoms with Gasteiger partial charge in [-0.15, -0.1) is 11.3 Å². The van der Waals surface area contributed by atoms with Crippen molar-refractivity contribution in [2.24, 2.45) is 0 Å². The maximum absolute atomic E-state index is 11.7. The van der Waals surface area contributed by atoms with Gasteiger partial charge in [0.25, 0.3) is 0 Å². The first kappa shape index (κ1) is 14.5. The van der Waals surface area contributed by atoms with Gasteiger partial charge < -0.3 is 10.1 Å². The van der Waals surface area contributed by atoms with Crippen molar-refractivity contribution < 1.29 is 14.3 Å². The molecule has 2 rings (SSSR count). The average molecular weight is 295 g/mol. The van der Waals surface area contributed by atoms with Crippen molar-refractivity contribution in [3.05, 3.63) is 23.5 Å². The van der Waals surface area contributed by atoms with Crippen LogP contribution in [0.5, 0.6) is 0 Å². The summed E-state index contributed by atoms with van der Waals surface area (Å²) in [6.45, 7) is 2.64. The second kappa shape index (κ2) is 7.04. The van der Waals surface area contributed by atoms with E-state index in [2.05, 4.69) is 10.3 Å². The number of carbonyl (C=O) groups excluding carboxylic acids is 2. The molecule has 6 nitrogen and oxygen atoms in total. The minimum atomic E-state index is -0.226. The molecule has 0 spiro atoms. The number of amides is 1. The highest BCUT2D eigenvalue weighted by Crippen LogP contribution is 2.11. The molecule has 1 amide bonds. The van der Waals surface area contributed by atoms with Gasteiger partial charge in [0.15, 0.2) is 4.96 Å². The minimum Gasteiger partial charge on any atom is -0.466 e. The number of fused-ring (bicyclic) bond motifs is 1. The number of hydrogen-bond donors (Lipinski definition) is 1. The maximum atomic E-state index is 11.7. The molecule has 0 aliphatic carbocycles. The second-order valence-electron chi connectivity index (χ2n) is 4.26. The molecule has 0 unspecified atom stereocenters. The lowest BCUT2D eigenvalue weighted by Crippen LogP contribution is -2.26. The van der Waals surface area contributed by atoms with Crippen LogP contribution in [0, 0.1) is 0 Å². The first-order valence-corrected chi connectivity index (χ1v) is 7.40. The number of nitrogens with one attached hydrogen (secondary N) is 1. The molecule has 0 saturated carbocycles. The molecule has 0 aromatic carbocycles. The van der Waals surface area contributed by atoms with Crippen LogP contribution in [0.1, 0.15) is 25.5 Å². The van der Waals surface area contributed by atoms with Crippen molar-refractivity contribution in [2.75, 3.05) is 13.2 Å². The van der Waals surface area contributed by atoms with Crippen LogP contribution in [0.25, 0.3) is 4.96 Å². The topological polar surface area (TPSA) is 72.7 Å². The third-order valence-electron chi connectivity index (χ3n) is 2.67. The van der Waals surface area contributed by atoms with Gasteiger partial charge in [-0.2, -0.15) is 0 Å². The molecule has 0 aliphatic rings. The Bertz CT molecular complexity index is 562. The van der Waals surface area contributed by atoms with Gasteiger partial charge in [-0.3, -0.25) is 14.0 Å². The van der Waals surface area contributed by atoms with E-state index in [-0.39, 0.29) is 18.3 Å². The predicted molar refractivity (Wildman–Crippen MR) is 75.6 cm³/mol. The minimum absolute atomic E-state index is 0.0837. The highest BCUT2D eigenvalue weighted by molar-refractivity contribution is 7.15. The van der Waals surface area contributed by atoms with Gasteiger partial charge in [-0.25, -0.2) is 4.98 Å². The Hall–Kier alpha value is -1.89. The van der Waals surface area contributed by atoms with Gasteiger partial charge in [-0.1, -0.05) is 0 Å². The monoisotopic (exact) mass is 295 g/mol. The Morgan fingerprint density at radius 3 is 3.10 bits per heavy atom. The van der Waals surface area contributed by atoms with E-state index in [1.54, 1.807) is 6.92 Å². The number of carbonyl (C=O) groups is 2. The number of nitrogens with zero attached hydrogens (tertiary/aromatic N) is 2. The molecular weight excluding hydrogens is 278 g/mol. The zero-order chi connectivity index (χ0) is 14.4. The molecule has 0 fully saturated rings. The van der Waals surface area contributed by atoms with E-state index in [1.807, 2.05) is 22.2 Å². The van der Waals surface area contributed by atoms with E-state index in [0.717, 1.165) is 10.7 Å². The Labute approximate surface area is 120 Å². The molecule has 0 atom stereocenters. The number of imidazole rings is 1. The van der Waals surface area contributed by atoms with E-state index in [4.69, 9.17) is 4.74 Å². The van der Waals surface area contributed by atoms with Gasteiger partial charge >= 0.3 is 5.97 Å². The van der Waals surface area contributed by atoms with Crippen molar-refractivity contribution in [3.63, 3.8) is 0 Å². The van der Waals surface area contributed by atoms with Crippen LogP contribution in [0.2, 0.25) is 0 Å². The average Bonchev–Trinajstić information content (AvgIpc) is 2.95. The van der Waals surface area contributed by atoms with Gasteiger partial charge in [0.05, 0.1) is 18.7 Å². The molecule has 2 aromatic rings. The molecule has 0 bridgehead atoms. The third kappa shape index (κ3) is 4.06. The largest absolute Gasteiger partial charge is 0.466 e. The normalized spacial score (nSPS) is 10.7. The zero-order valence-electron chi connectivity index (χ0n) is 11.3. The molecular formula is C13H17N3O3S. The van der Waals surface area contributed by atoms with Crippen molar-refractivity contribution in [2.45, 2.75) is 26.2 Å². The third-order valence-corrected chi connectivity index (χ3v) is 3.44. The Kier molecular flexibility index (Phi) is 5.11. The van der Waals surface area contributed by atoms with E-state index in [0.29, 0.717) is 26.0 Å². The number of esters is 1. The van der Waals surface area contributed by atoms with Gasteiger partial charge in [-0.05, 0) is 13.3 Å². The quantitative estimate of drug-likeness (QED) is 0.619. The summed E-state index contributed by atoms with van der Waals surface area (Å²) < 4.78 is 6.70. The molecule has 20 heavy (non-hydrogen) atoms. The maximum Gasteiger partial charge on any atom is 0.305 e. The summed E-state index contributed by atoms with van der Waals surface area (Å²) in [4.78, 5) is 28.0. The van der Waals surface area contributed by atoms with Crippen LogP contribution in [0.15, 0.2) is 17.8 Å². The number of aromatic nitrogens is 2. The van der Waals surface area contributed by atoms with Crippen molar-refractivity contribution in [1.82, 2.24) is 14.7 Å². The summed E-state index contributed by atoms with van der Waals surface area (Å²) in [7, 11) is 0. The molecule has 2 aromatic heterocycles. The summed E-state index contributed by atoms with van der Waals surface area (Å²) in [6, 6.07) is 0. The lowest BCUT2D eigenvalue weighted by atomic mass is 10.3. The Balaban J connectivity index is 1.68. The summed E-state index contributed by atoms with van der Waals surface area (Å²) in [5.41, 5.74) is 0.750. The van der Waals surface area contributed by atoms with Crippen molar-refractivity contribution in [1.29, 1.82) is 0 Å². The zero-order valence-corrected chi connectivity index (χ0v) is 12.1. The van der Waals surface area contributed by atoms with Crippen LogP contribution in [-0.4, -0.2) is 34.4 Å². The first-order valence-electron chi connectivity index (χ1n) is 6.52.